The Bertz CT molecular complexity index is 57.9. The van der Waals surface area contributed by atoms with E-state index in [0.717, 1.165) is 12.8 Å². The van der Waals surface area contributed by atoms with E-state index >= 15 is 0 Å². The smallest absolute Gasteiger partial charge is 0.0701 e. The summed E-state index contributed by atoms with van der Waals surface area (Å²) in [5, 5.41) is 16.8. The molecule has 0 aliphatic carbocycles. The summed E-state index contributed by atoms with van der Waals surface area (Å²) >= 11 is 0. The van der Waals surface area contributed by atoms with Crippen LogP contribution >= 0.6 is 0 Å². The highest BCUT2D eigenvalue weighted by Crippen LogP contribution is 1.99. The van der Waals surface area contributed by atoms with E-state index in [0.29, 0.717) is 6.61 Å². The molecule has 0 fully saturated rings. The quantitative estimate of drug-likeness (QED) is 0.564. The van der Waals surface area contributed by atoms with Crippen LogP contribution < -0.4 is 0 Å². The van der Waals surface area contributed by atoms with Crippen LogP contribution in [-0.4, -0.2) is 36.1 Å². The van der Waals surface area contributed by atoms with Gasteiger partial charge in [0.15, 0.2) is 0 Å². The van der Waals surface area contributed by atoms with Crippen molar-refractivity contribution in [2.24, 2.45) is 0 Å². The molecule has 0 rings (SSSR count). The first-order chi connectivity index (χ1) is 4.81. The van der Waals surface area contributed by atoms with Gasteiger partial charge in [-0.05, 0) is 19.8 Å². The SMILES string of the molecule is CC(CCCO)OCCO. The molecule has 0 aromatic carbocycles. The molecule has 0 aliphatic heterocycles. The van der Waals surface area contributed by atoms with Crippen molar-refractivity contribution in [1.82, 2.24) is 0 Å². The molecule has 0 aromatic rings. The van der Waals surface area contributed by atoms with Gasteiger partial charge in [-0.3, -0.25) is 0 Å². The average Bonchev–Trinajstić information content (AvgIpc) is 1.97. The van der Waals surface area contributed by atoms with Crippen molar-refractivity contribution in [3.8, 4) is 0 Å². The predicted octanol–water partition coefficient (Wildman–Crippen LogP) is 0.156. The Morgan fingerprint density at radius 2 is 2.00 bits per heavy atom. The van der Waals surface area contributed by atoms with E-state index in [-0.39, 0.29) is 19.3 Å². The zero-order valence-electron chi connectivity index (χ0n) is 6.42. The minimum Gasteiger partial charge on any atom is -0.396 e. The minimum absolute atomic E-state index is 0.0729. The molecule has 0 aromatic heterocycles. The maximum atomic E-state index is 8.44. The summed E-state index contributed by atoms with van der Waals surface area (Å²) in [4.78, 5) is 0. The lowest BCUT2D eigenvalue weighted by atomic mass is 10.2. The van der Waals surface area contributed by atoms with Crippen molar-refractivity contribution in [2.75, 3.05) is 19.8 Å². The molecule has 2 N–H and O–H groups in total. The monoisotopic (exact) mass is 148 g/mol. The van der Waals surface area contributed by atoms with E-state index in [2.05, 4.69) is 0 Å². The van der Waals surface area contributed by atoms with Crippen molar-refractivity contribution in [3.05, 3.63) is 0 Å². The number of aliphatic hydroxyl groups is 2. The Morgan fingerprint density at radius 3 is 2.50 bits per heavy atom. The van der Waals surface area contributed by atoms with Crippen molar-refractivity contribution >= 4 is 0 Å². The largest absolute Gasteiger partial charge is 0.396 e. The second-order valence-corrected chi connectivity index (χ2v) is 2.27. The number of ether oxygens (including phenoxy) is 1. The van der Waals surface area contributed by atoms with Gasteiger partial charge in [0.1, 0.15) is 0 Å². The first-order valence-corrected chi connectivity index (χ1v) is 3.64. The van der Waals surface area contributed by atoms with Crippen LogP contribution in [0.3, 0.4) is 0 Å². The molecule has 0 saturated carbocycles. The fourth-order valence-electron chi connectivity index (χ4n) is 0.716. The molecular weight excluding hydrogens is 132 g/mol. The second-order valence-electron chi connectivity index (χ2n) is 2.27. The molecule has 1 unspecified atom stereocenters. The van der Waals surface area contributed by atoms with Gasteiger partial charge in [0, 0.05) is 6.61 Å². The van der Waals surface area contributed by atoms with Gasteiger partial charge in [-0.1, -0.05) is 0 Å². The number of hydrogen-bond donors (Lipinski definition) is 2. The van der Waals surface area contributed by atoms with Gasteiger partial charge in [-0.2, -0.15) is 0 Å². The summed E-state index contributed by atoms with van der Waals surface area (Å²) in [6.45, 7) is 2.62. The van der Waals surface area contributed by atoms with Gasteiger partial charge in [0.2, 0.25) is 0 Å². The third-order valence-electron chi connectivity index (χ3n) is 1.26. The number of hydrogen-bond acceptors (Lipinski definition) is 3. The standard InChI is InChI=1S/C7H16O3/c1-7(3-2-4-8)10-6-5-9/h7-9H,2-6H2,1H3. The molecule has 3 nitrogen and oxygen atoms in total. The summed E-state index contributed by atoms with van der Waals surface area (Å²) in [6.07, 6.45) is 1.78. The lowest BCUT2D eigenvalue weighted by Gasteiger charge is -2.10. The number of rotatable bonds is 6. The fourth-order valence-corrected chi connectivity index (χ4v) is 0.716. The second kappa shape index (κ2) is 6.99. The molecule has 3 heteroatoms. The molecule has 10 heavy (non-hydrogen) atoms. The van der Waals surface area contributed by atoms with E-state index < -0.39 is 0 Å². The fraction of sp³-hybridized carbons (Fsp3) is 1.00. The molecule has 0 heterocycles. The molecule has 0 amide bonds. The normalized spacial score (nSPS) is 13.5. The molecule has 0 spiro atoms. The highest BCUT2D eigenvalue weighted by atomic mass is 16.5. The summed E-state index contributed by atoms with van der Waals surface area (Å²) in [6, 6.07) is 0. The van der Waals surface area contributed by atoms with Crippen LogP contribution in [0.5, 0.6) is 0 Å². The molecule has 1 atom stereocenters. The average molecular weight is 148 g/mol. The maximum absolute atomic E-state index is 8.44. The van der Waals surface area contributed by atoms with Gasteiger partial charge in [-0.25, -0.2) is 0 Å². The lowest BCUT2D eigenvalue weighted by molar-refractivity contribution is 0.0312. The zero-order chi connectivity index (χ0) is 7.82. The van der Waals surface area contributed by atoms with Crippen LogP contribution in [0.1, 0.15) is 19.8 Å². The third kappa shape index (κ3) is 6.01. The van der Waals surface area contributed by atoms with Gasteiger partial charge in [0.25, 0.3) is 0 Å². The van der Waals surface area contributed by atoms with Gasteiger partial charge in [-0.15, -0.1) is 0 Å². The predicted molar refractivity (Wildman–Crippen MR) is 38.8 cm³/mol. The highest BCUT2D eigenvalue weighted by Gasteiger charge is 1.99. The molecule has 62 valence electrons. The first kappa shape index (κ1) is 9.88. The summed E-state index contributed by atoms with van der Waals surface area (Å²) in [7, 11) is 0. The Labute approximate surface area is 61.6 Å². The van der Waals surface area contributed by atoms with Crippen LogP contribution in [0.4, 0.5) is 0 Å². The van der Waals surface area contributed by atoms with Crippen LogP contribution in [-0.2, 0) is 4.74 Å². The van der Waals surface area contributed by atoms with Crippen molar-refractivity contribution in [3.63, 3.8) is 0 Å². The first-order valence-electron chi connectivity index (χ1n) is 3.64. The maximum Gasteiger partial charge on any atom is 0.0701 e. The van der Waals surface area contributed by atoms with Crippen molar-refractivity contribution < 1.29 is 14.9 Å². The van der Waals surface area contributed by atoms with Crippen molar-refractivity contribution in [1.29, 1.82) is 0 Å². The highest BCUT2D eigenvalue weighted by molar-refractivity contribution is 4.48. The van der Waals surface area contributed by atoms with Crippen molar-refractivity contribution in [2.45, 2.75) is 25.9 Å². The molecular formula is C7H16O3. The van der Waals surface area contributed by atoms with Crippen LogP contribution in [0.2, 0.25) is 0 Å². The Morgan fingerprint density at radius 1 is 1.30 bits per heavy atom. The van der Waals surface area contributed by atoms with E-state index in [1.54, 1.807) is 0 Å². The molecule has 0 saturated heterocycles. The summed E-state index contributed by atoms with van der Waals surface area (Å²) in [5.74, 6) is 0. The topological polar surface area (TPSA) is 49.7 Å². The Hall–Kier alpha value is -0.120. The molecule has 0 radical (unpaired) electrons. The van der Waals surface area contributed by atoms with Crippen LogP contribution in [0.15, 0.2) is 0 Å². The van der Waals surface area contributed by atoms with Gasteiger partial charge in [0.05, 0.1) is 19.3 Å². The summed E-state index contributed by atoms with van der Waals surface area (Å²) < 4.78 is 5.13. The summed E-state index contributed by atoms with van der Waals surface area (Å²) in [5.41, 5.74) is 0. The van der Waals surface area contributed by atoms with E-state index in [9.17, 15) is 0 Å². The van der Waals surface area contributed by atoms with E-state index in [1.165, 1.54) is 0 Å². The Kier molecular flexibility index (Phi) is 6.91. The van der Waals surface area contributed by atoms with E-state index in [4.69, 9.17) is 14.9 Å². The molecule has 0 aliphatic rings. The zero-order valence-corrected chi connectivity index (χ0v) is 6.42. The number of aliphatic hydroxyl groups excluding tert-OH is 2. The molecule has 0 bridgehead atoms. The van der Waals surface area contributed by atoms with E-state index in [1.807, 2.05) is 6.92 Å². The third-order valence-corrected chi connectivity index (χ3v) is 1.26. The van der Waals surface area contributed by atoms with Crippen LogP contribution in [0, 0.1) is 0 Å². The van der Waals surface area contributed by atoms with Crippen LogP contribution in [0.25, 0.3) is 0 Å². The van der Waals surface area contributed by atoms with Gasteiger partial charge < -0.3 is 14.9 Å². The minimum atomic E-state index is 0.0729. The Balaban J connectivity index is 3.00. The lowest BCUT2D eigenvalue weighted by Crippen LogP contribution is -2.11. The van der Waals surface area contributed by atoms with Gasteiger partial charge >= 0.3 is 0 Å².